The highest BCUT2D eigenvalue weighted by Crippen LogP contribution is 2.25. The van der Waals surface area contributed by atoms with Crippen molar-refractivity contribution >= 4 is 0 Å². The van der Waals surface area contributed by atoms with Crippen LogP contribution >= 0.6 is 0 Å². The van der Waals surface area contributed by atoms with Crippen LogP contribution in [0, 0.1) is 0 Å². The Bertz CT molecular complexity index is 252. The largest absolute Gasteiger partial charge is 0.401 e. The highest BCUT2D eigenvalue weighted by molar-refractivity contribution is 4.88. The fourth-order valence-corrected chi connectivity index (χ4v) is 2.85. The van der Waals surface area contributed by atoms with Gasteiger partial charge in [-0.25, -0.2) is 0 Å². The number of aliphatic hydroxyl groups excluding tert-OH is 1. The van der Waals surface area contributed by atoms with Gasteiger partial charge in [0.05, 0.1) is 12.6 Å². The monoisotopic (exact) mass is 252 g/mol. The summed E-state index contributed by atoms with van der Waals surface area (Å²) in [5, 5.41) is 9.76. The highest BCUT2D eigenvalue weighted by Gasteiger charge is 2.35. The molecule has 17 heavy (non-hydrogen) atoms. The number of rotatable bonds is 2. The van der Waals surface area contributed by atoms with Gasteiger partial charge >= 0.3 is 6.18 Å². The maximum absolute atomic E-state index is 12.2. The van der Waals surface area contributed by atoms with Gasteiger partial charge in [0.2, 0.25) is 0 Å². The van der Waals surface area contributed by atoms with Gasteiger partial charge in [0, 0.05) is 32.2 Å². The highest BCUT2D eigenvalue weighted by atomic mass is 19.4. The number of hydrogen-bond acceptors (Lipinski definition) is 3. The van der Waals surface area contributed by atoms with E-state index in [9.17, 15) is 18.3 Å². The summed E-state index contributed by atoms with van der Waals surface area (Å²) in [4.78, 5) is 3.59. The van der Waals surface area contributed by atoms with Crippen LogP contribution in [0.1, 0.15) is 19.3 Å². The predicted molar refractivity (Wildman–Crippen MR) is 57.7 cm³/mol. The minimum absolute atomic E-state index is 0.169. The molecule has 3 nitrogen and oxygen atoms in total. The van der Waals surface area contributed by atoms with Crippen LogP contribution in [0.25, 0.3) is 0 Å². The zero-order valence-electron chi connectivity index (χ0n) is 9.79. The summed E-state index contributed by atoms with van der Waals surface area (Å²) in [6, 6.07) is 0.169. The number of aliphatic hydroxyl groups is 1. The van der Waals surface area contributed by atoms with E-state index in [1.54, 1.807) is 0 Å². The van der Waals surface area contributed by atoms with Gasteiger partial charge in [-0.05, 0) is 19.3 Å². The molecule has 1 saturated carbocycles. The van der Waals surface area contributed by atoms with Crippen LogP contribution in [-0.2, 0) is 0 Å². The lowest BCUT2D eigenvalue weighted by Gasteiger charge is -2.39. The van der Waals surface area contributed by atoms with Gasteiger partial charge in [0.25, 0.3) is 0 Å². The maximum atomic E-state index is 12.2. The quantitative estimate of drug-likeness (QED) is 0.796. The average Bonchev–Trinajstić information content (AvgIpc) is 2.63. The fraction of sp³-hybridized carbons (Fsp3) is 1.00. The molecule has 1 aliphatic carbocycles. The van der Waals surface area contributed by atoms with Crippen LogP contribution in [0.15, 0.2) is 0 Å². The second kappa shape index (κ2) is 5.12. The molecule has 0 aromatic heterocycles. The number of halogens is 3. The molecular weight excluding hydrogens is 233 g/mol. The van der Waals surface area contributed by atoms with Crippen LogP contribution < -0.4 is 0 Å². The van der Waals surface area contributed by atoms with E-state index in [1.165, 1.54) is 4.90 Å². The molecule has 0 aromatic rings. The van der Waals surface area contributed by atoms with Gasteiger partial charge in [0.15, 0.2) is 0 Å². The van der Waals surface area contributed by atoms with Crippen molar-refractivity contribution in [3.63, 3.8) is 0 Å². The van der Waals surface area contributed by atoms with Crippen molar-refractivity contribution in [3.05, 3.63) is 0 Å². The fourth-order valence-electron chi connectivity index (χ4n) is 2.85. The van der Waals surface area contributed by atoms with Crippen molar-refractivity contribution in [3.8, 4) is 0 Å². The SMILES string of the molecule is O[C@@H]1CCC[C@H]1N1CCN(CC(F)(F)F)CC1. The van der Waals surface area contributed by atoms with Gasteiger partial charge in [0.1, 0.15) is 0 Å². The minimum Gasteiger partial charge on any atom is -0.391 e. The first kappa shape index (κ1) is 13.1. The van der Waals surface area contributed by atoms with Gasteiger partial charge in [-0.15, -0.1) is 0 Å². The molecule has 2 fully saturated rings. The third kappa shape index (κ3) is 3.56. The van der Waals surface area contributed by atoms with E-state index in [0.29, 0.717) is 26.2 Å². The van der Waals surface area contributed by atoms with E-state index in [1.807, 2.05) is 0 Å². The molecule has 100 valence electrons. The summed E-state index contributed by atoms with van der Waals surface area (Å²) in [5.41, 5.74) is 0. The van der Waals surface area contributed by atoms with Crippen molar-refractivity contribution in [2.45, 2.75) is 37.6 Å². The van der Waals surface area contributed by atoms with E-state index in [2.05, 4.69) is 4.90 Å². The van der Waals surface area contributed by atoms with Gasteiger partial charge in [-0.2, -0.15) is 13.2 Å². The summed E-state index contributed by atoms with van der Waals surface area (Å²) < 4.78 is 36.6. The third-order valence-corrected chi connectivity index (χ3v) is 3.72. The molecule has 0 spiro atoms. The van der Waals surface area contributed by atoms with E-state index < -0.39 is 12.7 Å². The van der Waals surface area contributed by atoms with Crippen LogP contribution in [0.3, 0.4) is 0 Å². The van der Waals surface area contributed by atoms with E-state index in [0.717, 1.165) is 19.3 Å². The number of alkyl halides is 3. The molecule has 0 bridgehead atoms. The summed E-state index contributed by atoms with van der Waals surface area (Å²) in [6.45, 7) is 1.36. The van der Waals surface area contributed by atoms with Crippen molar-refractivity contribution in [2.24, 2.45) is 0 Å². The summed E-state index contributed by atoms with van der Waals surface area (Å²) in [5.74, 6) is 0. The molecule has 1 aliphatic heterocycles. The van der Waals surface area contributed by atoms with Gasteiger partial charge < -0.3 is 5.11 Å². The lowest BCUT2D eigenvalue weighted by atomic mass is 10.1. The Morgan fingerprint density at radius 3 is 2.18 bits per heavy atom. The Morgan fingerprint density at radius 2 is 1.71 bits per heavy atom. The Morgan fingerprint density at radius 1 is 1.06 bits per heavy atom. The molecule has 1 saturated heterocycles. The number of piperazine rings is 1. The normalized spacial score (nSPS) is 33.2. The topological polar surface area (TPSA) is 26.7 Å². The lowest BCUT2D eigenvalue weighted by Crippen LogP contribution is -2.53. The molecule has 6 heteroatoms. The standard InChI is InChI=1S/C11H19F3N2O/c12-11(13,14)8-15-4-6-16(7-5-15)9-2-1-3-10(9)17/h9-10,17H,1-8H2/t9-,10-/m1/s1. The van der Waals surface area contributed by atoms with Gasteiger partial charge in [-0.1, -0.05) is 0 Å². The number of hydrogen-bond donors (Lipinski definition) is 1. The Kier molecular flexibility index (Phi) is 3.95. The second-order valence-electron chi connectivity index (χ2n) is 4.99. The molecule has 0 radical (unpaired) electrons. The molecule has 2 atom stereocenters. The molecule has 0 aromatic carbocycles. The van der Waals surface area contributed by atoms with Crippen molar-refractivity contribution in [2.75, 3.05) is 32.7 Å². The lowest BCUT2D eigenvalue weighted by molar-refractivity contribution is -0.150. The van der Waals surface area contributed by atoms with Crippen molar-refractivity contribution in [1.82, 2.24) is 9.80 Å². The zero-order valence-corrected chi connectivity index (χ0v) is 9.79. The molecule has 0 amide bonds. The first-order valence-corrected chi connectivity index (χ1v) is 6.17. The van der Waals surface area contributed by atoms with E-state index in [-0.39, 0.29) is 12.1 Å². The molecule has 1 N–H and O–H groups in total. The first-order valence-electron chi connectivity index (χ1n) is 6.17. The predicted octanol–water partition coefficient (Wildman–Crippen LogP) is 1.08. The minimum atomic E-state index is -4.10. The summed E-state index contributed by atoms with van der Waals surface area (Å²) in [6.07, 6.45) is -1.57. The Balaban J connectivity index is 1.78. The second-order valence-corrected chi connectivity index (χ2v) is 4.99. The molecule has 2 rings (SSSR count). The van der Waals surface area contributed by atoms with Crippen LogP contribution in [0.2, 0.25) is 0 Å². The molecular formula is C11H19F3N2O. The number of nitrogens with zero attached hydrogens (tertiary/aromatic N) is 2. The van der Waals surface area contributed by atoms with Crippen LogP contribution in [-0.4, -0.2) is 66.0 Å². The van der Waals surface area contributed by atoms with Crippen LogP contribution in [0.4, 0.5) is 13.2 Å². The third-order valence-electron chi connectivity index (χ3n) is 3.72. The van der Waals surface area contributed by atoms with Crippen molar-refractivity contribution in [1.29, 1.82) is 0 Å². The Hall–Kier alpha value is -0.330. The molecule has 0 unspecified atom stereocenters. The zero-order chi connectivity index (χ0) is 12.5. The van der Waals surface area contributed by atoms with E-state index >= 15 is 0 Å². The van der Waals surface area contributed by atoms with E-state index in [4.69, 9.17) is 0 Å². The first-order chi connectivity index (χ1) is 7.96. The summed E-state index contributed by atoms with van der Waals surface area (Å²) in [7, 11) is 0. The Labute approximate surface area is 99.2 Å². The van der Waals surface area contributed by atoms with Crippen molar-refractivity contribution < 1.29 is 18.3 Å². The average molecular weight is 252 g/mol. The van der Waals surface area contributed by atoms with Crippen LogP contribution in [0.5, 0.6) is 0 Å². The maximum Gasteiger partial charge on any atom is 0.401 e. The summed E-state index contributed by atoms with van der Waals surface area (Å²) >= 11 is 0. The molecule has 1 heterocycles. The van der Waals surface area contributed by atoms with Gasteiger partial charge in [-0.3, -0.25) is 9.80 Å². The molecule has 2 aliphatic rings. The smallest absolute Gasteiger partial charge is 0.391 e.